The van der Waals surface area contributed by atoms with E-state index in [0.29, 0.717) is 25.8 Å². The first-order valence-electron chi connectivity index (χ1n) is 8.56. The van der Waals surface area contributed by atoms with Gasteiger partial charge in [0.15, 0.2) is 11.6 Å². The molecule has 1 spiro atoms. The number of carbonyl (C=O) groups excluding carboxylic acids is 1. The number of anilines is 1. The van der Waals surface area contributed by atoms with Crippen molar-refractivity contribution in [3.8, 4) is 0 Å². The number of likely N-dealkylation sites (tertiary alicyclic amines) is 1. The zero-order valence-corrected chi connectivity index (χ0v) is 13.6. The van der Waals surface area contributed by atoms with Crippen LogP contribution in [0.3, 0.4) is 0 Å². The van der Waals surface area contributed by atoms with Gasteiger partial charge in [-0.05, 0) is 37.1 Å². The summed E-state index contributed by atoms with van der Waals surface area (Å²) in [5, 5.41) is 3.42. The summed E-state index contributed by atoms with van der Waals surface area (Å²) in [6, 6.07) is 6.50. The first-order chi connectivity index (χ1) is 11.1. The molecule has 23 heavy (non-hydrogen) atoms. The highest BCUT2D eigenvalue weighted by molar-refractivity contribution is 5.98. The Morgan fingerprint density at radius 2 is 2.04 bits per heavy atom. The second kappa shape index (κ2) is 5.89. The maximum Gasteiger partial charge on any atom is 0.176 e. The number of rotatable bonds is 3. The van der Waals surface area contributed by atoms with Crippen LogP contribution >= 0.6 is 0 Å². The van der Waals surface area contributed by atoms with Crippen molar-refractivity contribution in [3.05, 3.63) is 29.3 Å². The number of ether oxygens (including phenoxy) is 2. The predicted octanol–water partition coefficient (Wildman–Crippen LogP) is 2.06. The summed E-state index contributed by atoms with van der Waals surface area (Å²) < 4.78 is 11.5. The number of hydrogen-bond acceptors (Lipinski definition) is 5. The number of piperidine rings is 1. The summed E-state index contributed by atoms with van der Waals surface area (Å²) in [5.74, 6) is -0.161. The number of nitrogens with zero attached hydrogens (tertiary/aromatic N) is 1. The normalized spacial score (nSPS) is 26.2. The van der Waals surface area contributed by atoms with Crippen molar-refractivity contribution in [2.75, 3.05) is 38.2 Å². The molecule has 1 N–H and O–H groups in total. The van der Waals surface area contributed by atoms with Gasteiger partial charge in [0.2, 0.25) is 0 Å². The molecule has 1 unspecified atom stereocenters. The number of carbonyl (C=O) groups is 1. The van der Waals surface area contributed by atoms with Crippen molar-refractivity contribution < 1.29 is 14.3 Å². The van der Waals surface area contributed by atoms with E-state index in [1.165, 1.54) is 11.3 Å². The quantitative estimate of drug-likeness (QED) is 0.865. The summed E-state index contributed by atoms with van der Waals surface area (Å²) in [6.07, 6.45) is 2.70. The molecule has 5 nitrogen and oxygen atoms in total. The van der Waals surface area contributed by atoms with Gasteiger partial charge in [-0.2, -0.15) is 0 Å². The lowest BCUT2D eigenvalue weighted by Crippen LogP contribution is -2.46. The van der Waals surface area contributed by atoms with Crippen molar-refractivity contribution in [1.82, 2.24) is 4.90 Å². The molecule has 1 aromatic carbocycles. The third-order valence-electron chi connectivity index (χ3n) is 5.15. The average molecular weight is 316 g/mol. The highest BCUT2D eigenvalue weighted by atomic mass is 16.7. The van der Waals surface area contributed by atoms with Gasteiger partial charge in [0, 0.05) is 43.2 Å². The summed E-state index contributed by atoms with van der Waals surface area (Å²) in [7, 11) is 0. The number of benzene rings is 1. The van der Waals surface area contributed by atoms with Gasteiger partial charge < -0.3 is 14.8 Å². The van der Waals surface area contributed by atoms with E-state index in [1.807, 2.05) is 12.1 Å². The van der Waals surface area contributed by atoms with Gasteiger partial charge in [-0.15, -0.1) is 0 Å². The van der Waals surface area contributed by atoms with Crippen molar-refractivity contribution in [2.45, 2.75) is 38.0 Å². The molecule has 1 aromatic rings. The van der Waals surface area contributed by atoms with Crippen molar-refractivity contribution in [1.29, 1.82) is 0 Å². The lowest BCUT2D eigenvalue weighted by atomic mass is 10.0. The van der Waals surface area contributed by atoms with Crippen molar-refractivity contribution >= 4 is 11.5 Å². The Labute approximate surface area is 136 Å². The van der Waals surface area contributed by atoms with E-state index < -0.39 is 0 Å². The Bertz CT molecular complexity index is 600. The van der Waals surface area contributed by atoms with Gasteiger partial charge in [0.25, 0.3) is 0 Å². The van der Waals surface area contributed by atoms with Crippen LogP contribution in [0.1, 0.15) is 35.7 Å². The van der Waals surface area contributed by atoms with Crippen LogP contribution in [-0.4, -0.2) is 55.4 Å². The van der Waals surface area contributed by atoms with Crippen LogP contribution in [0.2, 0.25) is 0 Å². The van der Waals surface area contributed by atoms with Crippen LogP contribution in [0.25, 0.3) is 0 Å². The Morgan fingerprint density at radius 1 is 1.30 bits per heavy atom. The van der Waals surface area contributed by atoms with Crippen molar-refractivity contribution in [2.24, 2.45) is 0 Å². The van der Waals surface area contributed by atoms with Gasteiger partial charge in [0.05, 0.1) is 19.8 Å². The molecule has 0 aliphatic carbocycles. The molecule has 2 saturated heterocycles. The van der Waals surface area contributed by atoms with E-state index in [1.54, 1.807) is 0 Å². The third kappa shape index (κ3) is 3.01. The number of hydrogen-bond donors (Lipinski definition) is 1. The van der Waals surface area contributed by atoms with E-state index in [2.05, 4.69) is 23.2 Å². The van der Waals surface area contributed by atoms with Crippen LogP contribution < -0.4 is 5.32 Å². The maximum absolute atomic E-state index is 12.6. The minimum Gasteiger partial charge on any atom is -0.382 e. The summed E-state index contributed by atoms with van der Waals surface area (Å²) in [6.45, 7) is 5.75. The highest BCUT2D eigenvalue weighted by Crippen LogP contribution is 2.31. The molecule has 0 bridgehead atoms. The van der Waals surface area contributed by atoms with E-state index in [9.17, 15) is 4.79 Å². The molecule has 5 heteroatoms. The second-order valence-corrected chi connectivity index (χ2v) is 6.93. The first-order valence-corrected chi connectivity index (χ1v) is 8.56. The van der Waals surface area contributed by atoms with Gasteiger partial charge in [-0.25, -0.2) is 0 Å². The number of Topliss-reactive ketones (excluding diaryl/α,β-unsaturated/α-hetero) is 1. The fraction of sp³-hybridized carbons (Fsp3) is 0.611. The lowest BCUT2D eigenvalue weighted by Gasteiger charge is -2.37. The number of ketones is 1. The van der Waals surface area contributed by atoms with Crippen LogP contribution in [0.5, 0.6) is 0 Å². The SMILES string of the molecule is CC1Cc2cc(C(=O)CN3CCC4(CC3)OCCO4)ccc2N1. The predicted molar refractivity (Wildman–Crippen MR) is 87.9 cm³/mol. The fourth-order valence-electron chi connectivity index (χ4n) is 3.86. The van der Waals surface area contributed by atoms with Gasteiger partial charge in [-0.3, -0.25) is 9.69 Å². The monoisotopic (exact) mass is 316 g/mol. The average Bonchev–Trinajstić information content (AvgIpc) is 3.14. The summed E-state index contributed by atoms with van der Waals surface area (Å²) in [5.41, 5.74) is 3.26. The standard InChI is InChI=1S/C18H24N2O3/c1-13-10-15-11-14(2-3-16(15)19-13)17(21)12-20-6-4-18(5-7-20)22-8-9-23-18/h2-3,11,13,19H,4-10,12H2,1H3. The van der Waals surface area contributed by atoms with Gasteiger partial charge >= 0.3 is 0 Å². The Kier molecular flexibility index (Phi) is 3.87. The molecule has 1 atom stereocenters. The molecule has 0 saturated carbocycles. The van der Waals surface area contributed by atoms with Crippen LogP contribution in [0, 0.1) is 0 Å². The topological polar surface area (TPSA) is 50.8 Å². The Hall–Kier alpha value is -1.43. The van der Waals surface area contributed by atoms with Gasteiger partial charge in [-0.1, -0.05) is 0 Å². The zero-order valence-electron chi connectivity index (χ0n) is 13.6. The third-order valence-corrected chi connectivity index (χ3v) is 5.15. The van der Waals surface area contributed by atoms with Crippen LogP contribution in [0.15, 0.2) is 18.2 Å². The van der Waals surface area contributed by atoms with Gasteiger partial charge in [0.1, 0.15) is 0 Å². The summed E-state index contributed by atoms with van der Waals surface area (Å²) >= 11 is 0. The molecule has 3 aliphatic rings. The largest absolute Gasteiger partial charge is 0.382 e. The lowest BCUT2D eigenvalue weighted by molar-refractivity contribution is -0.184. The highest BCUT2D eigenvalue weighted by Gasteiger charge is 2.39. The zero-order chi connectivity index (χ0) is 15.9. The summed E-state index contributed by atoms with van der Waals surface area (Å²) in [4.78, 5) is 14.8. The fourth-order valence-corrected chi connectivity index (χ4v) is 3.86. The molecule has 2 fully saturated rings. The molecule has 0 amide bonds. The first kappa shape index (κ1) is 15.1. The smallest absolute Gasteiger partial charge is 0.176 e. The number of fused-ring (bicyclic) bond motifs is 1. The molecule has 0 aromatic heterocycles. The van der Waals surface area contributed by atoms with Crippen LogP contribution in [0.4, 0.5) is 5.69 Å². The van der Waals surface area contributed by atoms with E-state index in [4.69, 9.17) is 9.47 Å². The van der Waals surface area contributed by atoms with E-state index in [-0.39, 0.29) is 11.6 Å². The minimum absolute atomic E-state index is 0.205. The molecule has 0 radical (unpaired) electrons. The second-order valence-electron chi connectivity index (χ2n) is 6.93. The minimum atomic E-state index is -0.366. The molecular weight excluding hydrogens is 292 g/mol. The van der Waals surface area contributed by atoms with Crippen LogP contribution in [-0.2, 0) is 15.9 Å². The molecule has 124 valence electrons. The molecule has 4 rings (SSSR count). The van der Waals surface area contributed by atoms with E-state index in [0.717, 1.165) is 37.9 Å². The number of nitrogens with one attached hydrogen (secondary N) is 1. The maximum atomic E-state index is 12.6. The molecular formula is C18H24N2O3. The molecule has 3 aliphatic heterocycles. The Morgan fingerprint density at radius 3 is 2.78 bits per heavy atom. The Balaban J connectivity index is 1.36. The molecule has 3 heterocycles. The van der Waals surface area contributed by atoms with E-state index >= 15 is 0 Å². The van der Waals surface area contributed by atoms with Crippen molar-refractivity contribution in [3.63, 3.8) is 0 Å².